The number of hydrogen-bond acceptors (Lipinski definition) is 4. The van der Waals surface area contributed by atoms with Gasteiger partial charge >= 0.3 is 0 Å². The second kappa shape index (κ2) is 12.3. The fraction of sp³-hybridized carbons (Fsp3) is 0.250. The average molecular weight is 642 g/mol. The van der Waals surface area contributed by atoms with Crippen LogP contribution in [0, 0.1) is 46.5 Å². The average Bonchev–Trinajstić information content (AvgIpc) is 2.79. The van der Waals surface area contributed by atoms with E-state index in [-0.39, 0.29) is 0 Å². The van der Waals surface area contributed by atoms with Crippen LogP contribution >= 0.6 is 31.9 Å². The molecule has 0 saturated carbocycles. The highest BCUT2D eigenvalue weighted by molar-refractivity contribution is 9.10. The second-order valence-electron chi connectivity index (χ2n) is 5.53. The Labute approximate surface area is 196 Å². The number of benzene rings is 2. The van der Waals surface area contributed by atoms with Crippen molar-refractivity contribution in [3.8, 4) is 11.5 Å². The molecule has 0 atom stereocenters. The number of phenols is 2. The van der Waals surface area contributed by atoms with Gasteiger partial charge in [0.1, 0.15) is 0 Å². The quantitative estimate of drug-likeness (QED) is 0.243. The Morgan fingerprint density at radius 2 is 0.688 bits per heavy atom. The molecule has 0 bridgehead atoms. The van der Waals surface area contributed by atoms with E-state index < -0.39 is 88.6 Å². The molecule has 0 aliphatic carbocycles. The maximum absolute atomic E-state index is 12.4. The van der Waals surface area contributed by atoms with E-state index in [9.17, 15) is 43.5 Å². The van der Waals surface area contributed by atoms with Gasteiger partial charge in [-0.15, -0.1) is 0 Å². The van der Waals surface area contributed by atoms with Crippen molar-refractivity contribution in [2.24, 2.45) is 0 Å². The van der Waals surface area contributed by atoms with E-state index in [1.54, 1.807) is 0 Å². The molecule has 1 saturated heterocycles. The number of aromatic hydroxyl groups is 2. The summed E-state index contributed by atoms with van der Waals surface area (Å²) in [6.07, 6.45) is 0. The predicted molar refractivity (Wildman–Crippen MR) is 107 cm³/mol. The first kappa shape index (κ1) is 28.8. The van der Waals surface area contributed by atoms with Gasteiger partial charge in [0.05, 0.1) is 8.95 Å². The van der Waals surface area contributed by atoms with Crippen LogP contribution in [0.2, 0.25) is 0 Å². The monoisotopic (exact) mass is 640 g/mol. The van der Waals surface area contributed by atoms with Gasteiger partial charge in [-0.2, -0.15) is 17.6 Å². The lowest BCUT2D eigenvalue weighted by atomic mass is 10.3. The SMILES string of the molecule is O=S1CCS(=O)CC1.Oc1c(F)c(F)c(Br)c(F)c1F.Oc1c(F)c(F)c(Br)c(F)c1F. The molecule has 1 fully saturated rings. The van der Waals surface area contributed by atoms with Crippen LogP contribution in [0.1, 0.15) is 0 Å². The van der Waals surface area contributed by atoms with E-state index in [1.165, 1.54) is 0 Å². The summed E-state index contributed by atoms with van der Waals surface area (Å²) < 4.78 is 118. The van der Waals surface area contributed by atoms with Gasteiger partial charge in [0.15, 0.2) is 34.8 Å². The maximum atomic E-state index is 12.4. The first-order chi connectivity index (χ1) is 14.7. The highest BCUT2D eigenvalue weighted by Crippen LogP contribution is 2.32. The fourth-order valence-corrected chi connectivity index (χ4v) is 5.84. The summed E-state index contributed by atoms with van der Waals surface area (Å²) in [6, 6.07) is 0. The predicted octanol–water partition coefficient (Wildman–Crippen LogP) is 4.92. The van der Waals surface area contributed by atoms with Gasteiger partial charge in [0, 0.05) is 44.6 Å². The van der Waals surface area contributed by atoms with E-state index in [4.69, 9.17) is 10.2 Å². The Morgan fingerprint density at radius 3 is 0.875 bits per heavy atom. The molecule has 0 unspecified atom stereocenters. The standard InChI is InChI=1S/2C6HBrF4O.C4H8O2S2/c2*7-1-2(8)4(10)6(12)5(11)3(1)9;5-7-1-2-8(6)4-3-7/h2*12H;1-4H2. The minimum atomic E-state index is -1.82. The first-order valence-corrected chi connectivity index (χ1v) is 12.4. The molecule has 0 aromatic heterocycles. The zero-order valence-corrected chi connectivity index (χ0v) is 19.9. The van der Waals surface area contributed by atoms with Crippen molar-refractivity contribution >= 4 is 53.5 Å². The zero-order chi connectivity index (χ0) is 24.9. The summed E-state index contributed by atoms with van der Waals surface area (Å²) in [5, 5.41) is 16.9. The van der Waals surface area contributed by atoms with E-state index in [2.05, 4.69) is 31.9 Å². The van der Waals surface area contributed by atoms with Crippen molar-refractivity contribution in [2.75, 3.05) is 23.0 Å². The normalized spacial score (nSPS) is 17.7. The Hall–Kier alpha value is -1.26. The van der Waals surface area contributed by atoms with Crippen molar-refractivity contribution in [1.29, 1.82) is 0 Å². The molecule has 0 amide bonds. The van der Waals surface area contributed by atoms with E-state index >= 15 is 0 Å². The summed E-state index contributed by atoms with van der Waals surface area (Å²) in [6.45, 7) is 0. The largest absolute Gasteiger partial charge is 0.503 e. The molecule has 32 heavy (non-hydrogen) atoms. The molecular formula is C16H10Br2F8O4S2. The van der Waals surface area contributed by atoms with E-state index in [0.717, 1.165) is 0 Å². The van der Waals surface area contributed by atoms with Gasteiger partial charge in [0.25, 0.3) is 0 Å². The summed E-state index contributed by atoms with van der Waals surface area (Å²) in [5.74, 6) is -14.7. The molecule has 3 rings (SSSR count). The number of hydrogen-bond donors (Lipinski definition) is 2. The van der Waals surface area contributed by atoms with E-state index in [0.29, 0.717) is 23.0 Å². The molecule has 16 heteroatoms. The molecule has 1 aliphatic rings. The van der Waals surface area contributed by atoms with Crippen LogP contribution in [0.5, 0.6) is 11.5 Å². The van der Waals surface area contributed by atoms with Crippen LogP contribution in [0.25, 0.3) is 0 Å². The lowest BCUT2D eigenvalue weighted by molar-refractivity contribution is 0.353. The molecule has 1 heterocycles. The van der Waals surface area contributed by atoms with Crippen LogP contribution in [-0.2, 0) is 21.6 Å². The van der Waals surface area contributed by atoms with Gasteiger partial charge in [0.2, 0.25) is 23.3 Å². The Balaban J connectivity index is 0.000000245. The molecule has 1 aliphatic heterocycles. The highest BCUT2D eigenvalue weighted by atomic mass is 79.9. The molecule has 2 N–H and O–H groups in total. The van der Waals surface area contributed by atoms with Crippen molar-refractivity contribution in [1.82, 2.24) is 0 Å². The third-order valence-electron chi connectivity index (χ3n) is 3.45. The lowest BCUT2D eigenvalue weighted by Gasteiger charge is -2.07. The minimum absolute atomic E-state index is 0.645. The number of rotatable bonds is 0. The third-order valence-corrected chi connectivity index (χ3v) is 8.00. The summed E-state index contributed by atoms with van der Waals surface area (Å²) in [7, 11) is -1.31. The third kappa shape index (κ3) is 6.87. The van der Waals surface area contributed by atoms with Crippen molar-refractivity contribution in [2.45, 2.75) is 0 Å². The minimum Gasteiger partial charge on any atom is -0.503 e. The van der Waals surface area contributed by atoms with Crippen molar-refractivity contribution in [3.63, 3.8) is 0 Å². The summed E-state index contributed by atoms with van der Waals surface area (Å²) in [4.78, 5) is 0. The molecule has 2 aromatic rings. The Bertz CT molecular complexity index is 766. The molecule has 4 nitrogen and oxygen atoms in total. The zero-order valence-electron chi connectivity index (χ0n) is 15.1. The van der Waals surface area contributed by atoms with Crippen LogP contribution in [0.15, 0.2) is 8.95 Å². The summed E-state index contributed by atoms with van der Waals surface area (Å²) >= 11 is 4.55. The smallest absolute Gasteiger partial charge is 0.204 e. The van der Waals surface area contributed by atoms with Gasteiger partial charge in [-0.05, 0) is 31.9 Å². The van der Waals surface area contributed by atoms with Crippen molar-refractivity contribution < 1.29 is 53.8 Å². The lowest BCUT2D eigenvalue weighted by Crippen LogP contribution is -2.22. The van der Waals surface area contributed by atoms with E-state index in [1.807, 2.05) is 0 Å². The van der Waals surface area contributed by atoms with Crippen LogP contribution in [-0.4, -0.2) is 41.6 Å². The number of halogens is 10. The molecule has 0 spiro atoms. The number of phenolic OH excluding ortho intramolecular Hbond substituents is 2. The van der Waals surface area contributed by atoms with Gasteiger partial charge in [-0.25, -0.2) is 17.6 Å². The van der Waals surface area contributed by atoms with Crippen LogP contribution in [0.3, 0.4) is 0 Å². The van der Waals surface area contributed by atoms with Crippen LogP contribution in [0.4, 0.5) is 35.1 Å². The molecule has 180 valence electrons. The molecular weight excluding hydrogens is 632 g/mol. The first-order valence-electron chi connectivity index (χ1n) is 7.83. The summed E-state index contributed by atoms with van der Waals surface area (Å²) in [5.41, 5.74) is 0. The molecule has 0 radical (unpaired) electrons. The maximum Gasteiger partial charge on any atom is 0.204 e. The topological polar surface area (TPSA) is 74.6 Å². The highest BCUT2D eigenvalue weighted by Gasteiger charge is 2.24. The second-order valence-corrected chi connectivity index (χ2v) is 10.5. The Kier molecular flexibility index (Phi) is 11.0. The van der Waals surface area contributed by atoms with Crippen molar-refractivity contribution in [3.05, 3.63) is 55.5 Å². The van der Waals surface area contributed by atoms with Gasteiger partial charge < -0.3 is 10.2 Å². The van der Waals surface area contributed by atoms with Gasteiger partial charge in [-0.3, -0.25) is 8.42 Å². The van der Waals surface area contributed by atoms with Crippen LogP contribution < -0.4 is 0 Å². The van der Waals surface area contributed by atoms with Gasteiger partial charge in [-0.1, -0.05) is 0 Å². The Morgan fingerprint density at radius 1 is 0.500 bits per heavy atom. The molecule has 2 aromatic carbocycles. The fourth-order valence-electron chi connectivity index (χ4n) is 1.76.